The van der Waals surface area contributed by atoms with Crippen molar-refractivity contribution in [2.45, 2.75) is 103 Å². The first kappa shape index (κ1) is 16.9. The molecule has 1 aliphatic carbocycles. The molecule has 0 aromatic heterocycles. The summed E-state index contributed by atoms with van der Waals surface area (Å²) in [6, 6.07) is 0.897. The van der Waals surface area contributed by atoms with Gasteiger partial charge in [0.1, 0.15) is 7.28 Å². The van der Waals surface area contributed by atoms with Gasteiger partial charge in [-0.2, -0.15) is 0 Å². The molecular formula is C18H34BNO. The highest BCUT2D eigenvalue weighted by Gasteiger charge is 2.38. The first-order chi connectivity index (χ1) is 9.99. The van der Waals surface area contributed by atoms with E-state index < -0.39 is 0 Å². The van der Waals surface area contributed by atoms with E-state index in [0.29, 0.717) is 18.0 Å². The number of amides is 1. The van der Waals surface area contributed by atoms with Crippen molar-refractivity contribution in [3.63, 3.8) is 0 Å². The van der Waals surface area contributed by atoms with Gasteiger partial charge in [-0.3, -0.25) is 4.79 Å². The normalized spacial score (nSPS) is 31.6. The second-order valence-corrected chi connectivity index (χ2v) is 8.13. The Balaban J connectivity index is 2.12. The summed E-state index contributed by atoms with van der Waals surface area (Å²) in [6.45, 7) is 9.10. The Morgan fingerprint density at radius 2 is 1.76 bits per heavy atom. The zero-order chi connectivity index (χ0) is 15.4. The summed E-state index contributed by atoms with van der Waals surface area (Å²) in [5.74, 6) is 2.86. The average molecular weight is 291 g/mol. The number of hydrogen-bond donors (Lipinski definition) is 0. The van der Waals surface area contributed by atoms with Crippen LogP contribution in [0.15, 0.2) is 0 Å². The summed E-state index contributed by atoms with van der Waals surface area (Å²) in [5, 5.41) is 0. The molecule has 2 aliphatic rings. The van der Waals surface area contributed by atoms with Crippen LogP contribution >= 0.6 is 0 Å². The van der Waals surface area contributed by atoms with Crippen molar-refractivity contribution in [3.8, 4) is 0 Å². The lowest BCUT2D eigenvalue weighted by Crippen LogP contribution is -2.52. The molecule has 0 bridgehead atoms. The summed E-state index contributed by atoms with van der Waals surface area (Å²) in [4.78, 5) is 14.6. The molecule has 21 heavy (non-hydrogen) atoms. The Morgan fingerprint density at radius 3 is 2.43 bits per heavy atom. The zero-order valence-electron chi connectivity index (χ0n) is 14.6. The fraction of sp³-hybridized carbons (Fsp3) is 0.944. The summed E-state index contributed by atoms with van der Waals surface area (Å²) in [5.41, 5.74) is 0. The minimum absolute atomic E-state index is 0.370. The van der Waals surface area contributed by atoms with Crippen LogP contribution in [0.5, 0.6) is 0 Å². The minimum atomic E-state index is 0.370. The molecule has 1 aliphatic heterocycles. The summed E-state index contributed by atoms with van der Waals surface area (Å²) in [6.07, 6.45) is 10.0. The molecule has 2 rings (SSSR count). The number of hydrogen-bond acceptors (Lipinski definition) is 1. The van der Waals surface area contributed by atoms with Crippen LogP contribution in [0.4, 0.5) is 0 Å². The molecule has 3 unspecified atom stereocenters. The van der Waals surface area contributed by atoms with Gasteiger partial charge in [0.2, 0.25) is 5.91 Å². The predicted octanol–water partition coefficient (Wildman–Crippen LogP) is 4.41. The standard InChI is InChI=1S/C18H34BNO/c1-13(2)19-16-8-6-5-7-9-17-15(12-16)10-11-18(21)20(17)14(3)4/h13-17,19H,5-12H2,1-4H3. The monoisotopic (exact) mass is 291 g/mol. The molecule has 0 aromatic rings. The third-order valence-electron chi connectivity index (χ3n) is 5.53. The van der Waals surface area contributed by atoms with Crippen molar-refractivity contribution < 1.29 is 4.79 Å². The largest absolute Gasteiger partial charge is 0.337 e. The van der Waals surface area contributed by atoms with Gasteiger partial charge in [-0.25, -0.2) is 0 Å². The Kier molecular flexibility index (Phi) is 6.19. The minimum Gasteiger partial charge on any atom is -0.337 e. The van der Waals surface area contributed by atoms with E-state index in [1.807, 2.05) is 0 Å². The molecular weight excluding hydrogens is 257 g/mol. The number of carbonyl (C=O) groups is 1. The molecule has 0 radical (unpaired) electrons. The number of rotatable bonds is 3. The highest BCUT2D eigenvalue weighted by atomic mass is 16.2. The molecule has 0 N–H and O–H groups in total. The highest BCUT2D eigenvalue weighted by molar-refractivity contribution is 6.39. The van der Waals surface area contributed by atoms with Gasteiger partial charge in [-0.1, -0.05) is 57.6 Å². The highest BCUT2D eigenvalue weighted by Crippen LogP contribution is 2.39. The number of likely N-dealkylation sites (tertiary alicyclic amines) is 1. The first-order valence-electron chi connectivity index (χ1n) is 9.30. The molecule has 3 heteroatoms. The third kappa shape index (κ3) is 4.50. The smallest absolute Gasteiger partial charge is 0.223 e. The van der Waals surface area contributed by atoms with Crippen LogP contribution in [0.2, 0.25) is 11.6 Å². The van der Waals surface area contributed by atoms with Crippen LogP contribution in [0.25, 0.3) is 0 Å². The molecule has 1 heterocycles. The molecule has 1 saturated heterocycles. The van der Waals surface area contributed by atoms with Crippen LogP contribution in [0, 0.1) is 5.92 Å². The number of nitrogens with zero attached hydrogens (tertiary/aromatic N) is 1. The first-order valence-corrected chi connectivity index (χ1v) is 9.30. The Labute approximate surface area is 132 Å². The third-order valence-corrected chi connectivity index (χ3v) is 5.53. The van der Waals surface area contributed by atoms with E-state index in [1.54, 1.807) is 0 Å². The van der Waals surface area contributed by atoms with E-state index in [1.165, 1.54) is 45.8 Å². The maximum absolute atomic E-state index is 12.4. The van der Waals surface area contributed by atoms with Gasteiger partial charge < -0.3 is 4.90 Å². The van der Waals surface area contributed by atoms with Crippen molar-refractivity contribution in [2.75, 3.05) is 0 Å². The van der Waals surface area contributed by atoms with Crippen molar-refractivity contribution in [1.82, 2.24) is 4.90 Å². The van der Waals surface area contributed by atoms with Gasteiger partial charge in [0, 0.05) is 18.5 Å². The Bertz CT molecular complexity index is 342. The van der Waals surface area contributed by atoms with Crippen LogP contribution in [-0.4, -0.2) is 30.2 Å². The SMILES string of the molecule is CC(C)BC1CCCCCC2C(CCC(=O)N2C(C)C)C1. The second-order valence-electron chi connectivity index (χ2n) is 8.13. The summed E-state index contributed by atoms with van der Waals surface area (Å²) < 4.78 is 0. The van der Waals surface area contributed by atoms with E-state index in [9.17, 15) is 4.79 Å². The Hall–Kier alpha value is -0.465. The van der Waals surface area contributed by atoms with Crippen molar-refractivity contribution in [1.29, 1.82) is 0 Å². The fourth-order valence-electron chi connectivity index (χ4n) is 4.75. The summed E-state index contributed by atoms with van der Waals surface area (Å²) in [7, 11) is 1.37. The molecule has 2 fully saturated rings. The lowest BCUT2D eigenvalue weighted by molar-refractivity contribution is -0.141. The van der Waals surface area contributed by atoms with Gasteiger partial charge >= 0.3 is 0 Å². The maximum Gasteiger partial charge on any atom is 0.223 e. The second kappa shape index (κ2) is 7.69. The fourth-order valence-corrected chi connectivity index (χ4v) is 4.75. The van der Waals surface area contributed by atoms with Gasteiger partial charge in [0.25, 0.3) is 0 Å². The topological polar surface area (TPSA) is 20.3 Å². The summed E-state index contributed by atoms with van der Waals surface area (Å²) >= 11 is 0. The molecule has 0 aromatic carbocycles. The van der Waals surface area contributed by atoms with Crippen LogP contribution < -0.4 is 0 Å². The van der Waals surface area contributed by atoms with E-state index in [-0.39, 0.29) is 0 Å². The molecule has 3 atom stereocenters. The quantitative estimate of drug-likeness (QED) is 0.705. The number of piperidine rings is 1. The molecule has 1 amide bonds. The number of fused-ring (bicyclic) bond motifs is 1. The molecule has 120 valence electrons. The average Bonchev–Trinajstić information content (AvgIpc) is 2.48. The number of carbonyl (C=O) groups excluding carboxylic acids is 1. The lowest BCUT2D eigenvalue weighted by atomic mass is 9.52. The van der Waals surface area contributed by atoms with E-state index in [0.717, 1.165) is 30.4 Å². The van der Waals surface area contributed by atoms with E-state index in [2.05, 4.69) is 32.6 Å². The van der Waals surface area contributed by atoms with Crippen molar-refractivity contribution >= 4 is 13.2 Å². The van der Waals surface area contributed by atoms with Gasteiger partial charge in [0.15, 0.2) is 0 Å². The van der Waals surface area contributed by atoms with Gasteiger partial charge in [-0.15, -0.1) is 0 Å². The van der Waals surface area contributed by atoms with Crippen molar-refractivity contribution in [3.05, 3.63) is 0 Å². The van der Waals surface area contributed by atoms with Crippen LogP contribution in [0.1, 0.15) is 79.1 Å². The molecule has 0 spiro atoms. The van der Waals surface area contributed by atoms with E-state index >= 15 is 0 Å². The van der Waals surface area contributed by atoms with Gasteiger partial charge in [-0.05, 0) is 32.6 Å². The van der Waals surface area contributed by atoms with Gasteiger partial charge in [0.05, 0.1) is 0 Å². The lowest BCUT2D eigenvalue weighted by Gasteiger charge is -2.44. The van der Waals surface area contributed by atoms with Crippen molar-refractivity contribution in [2.24, 2.45) is 5.92 Å². The zero-order valence-corrected chi connectivity index (χ0v) is 14.6. The van der Waals surface area contributed by atoms with E-state index in [4.69, 9.17) is 0 Å². The maximum atomic E-state index is 12.4. The van der Waals surface area contributed by atoms with Crippen LogP contribution in [0.3, 0.4) is 0 Å². The predicted molar refractivity (Wildman–Crippen MR) is 92.2 cm³/mol. The molecule has 1 saturated carbocycles. The molecule has 2 nitrogen and oxygen atoms in total. The van der Waals surface area contributed by atoms with Crippen LogP contribution in [-0.2, 0) is 4.79 Å². The Morgan fingerprint density at radius 1 is 1.05 bits per heavy atom.